The van der Waals surface area contributed by atoms with Crippen molar-refractivity contribution in [3.05, 3.63) is 60.1 Å². The van der Waals surface area contributed by atoms with Crippen LogP contribution in [0.25, 0.3) is 11.0 Å². The zero-order valence-electron chi connectivity index (χ0n) is 13.0. The molecular weight excluding hydrogens is 329 g/mol. The monoisotopic (exact) mass is 343 g/mol. The number of amides is 1. The number of hydrogen-bond acceptors (Lipinski definition) is 5. The lowest BCUT2D eigenvalue weighted by Crippen LogP contribution is -2.21. The van der Waals surface area contributed by atoms with Gasteiger partial charge in [0, 0.05) is 22.7 Å². The van der Waals surface area contributed by atoms with Crippen LogP contribution in [0.15, 0.2) is 53.1 Å². The normalized spacial score (nSPS) is 10.6. The molecule has 1 heterocycles. The van der Waals surface area contributed by atoms with E-state index in [2.05, 4.69) is 5.32 Å². The first-order valence-corrected chi connectivity index (χ1v) is 7.41. The molecule has 0 fully saturated rings. The van der Waals surface area contributed by atoms with Crippen LogP contribution in [0.2, 0.25) is 0 Å². The molecule has 3 rings (SSSR count). The van der Waals surface area contributed by atoms with Crippen molar-refractivity contribution in [1.29, 1.82) is 0 Å². The highest BCUT2D eigenvalue weighted by atomic mass is 19.1. The van der Waals surface area contributed by atoms with Gasteiger partial charge in [-0.05, 0) is 36.4 Å². The lowest BCUT2D eigenvalue weighted by molar-refractivity contribution is -0.146. The molecule has 2 N–H and O–H groups in total. The molecule has 25 heavy (non-hydrogen) atoms. The van der Waals surface area contributed by atoms with Gasteiger partial charge in [-0.15, -0.1) is 0 Å². The van der Waals surface area contributed by atoms with Crippen LogP contribution >= 0.6 is 0 Å². The number of carbonyl (C=O) groups excluding carboxylic acids is 2. The van der Waals surface area contributed by atoms with E-state index in [1.807, 2.05) is 0 Å². The molecule has 0 aliphatic rings. The summed E-state index contributed by atoms with van der Waals surface area (Å²) in [7, 11) is 0. The Kier molecular flexibility index (Phi) is 4.65. The zero-order valence-corrected chi connectivity index (χ0v) is 13.0. The number of carbonyl (C=O) groups is 2. The number of benzene rings is 2. The molecule has 0 unspecified atom stereocenters. The average molecular weight is 343 g/mol. The third-order valence-electron chi connectivity index (χ3n) is 3.47. The number of phenols is 1. The van der Waals surface area contributed by atoms with Crippen LogP contribution in [0.5, 0.6) is 5.75 Å². The maximum Gasteiger partial charge on any atom is 0.310 e. The van der Waals surface area contributed by atoms with Crippen molar-refractivity contribution in [1.82, 2.24) is 0 Å². The molecule has 0 bridgehead atoms. The highest BCUT2D eigenvalue weighted by molar-refractivity contribution is 5.93. The van der Waals surface area contributed by atoms with Crippen LogP contribution in [-0.4, -0.2) is 23.6 Å². The van der Waals surface area contributed by atoms with E-state index in [1.165, 1.54) is 42.7 Å². The largest absolute Gasteiger partial charge is 0.508 e. The molecule has 7 heteroatoms. The molecule has 0 atom stereocenters. The van der Waals surface area contributed by atoms with E-state index in [-0.39, 0.29) is 12.2 Å². The second kappa shape index (κ2) is 7.04. The molecule has 1 amide bonds. The third kappa shape index (κ3) is 4.14. The van der Waals surface area contributed by atoms with Gasteiger partial charge in [0.1, 0.15) is 17.1 Å². The zero-order chi connectivity index (χ0) is 17.8. The van der Waals surface area contributed by atoms with Gasteiger partial charge in [-0.3, -0.25) is 9.59 Å². The van der Waals surface area contributed by atoms with Gasteiger partial charge in [-0.25, -0.2) is 4.39 Å². The predicted molar refractivity (Wildman–Crippen MR) is 87.6 cm³/mol. The van der Waals surface area contributed by atoms with Crippen molar-refractivity contribution < 1.29 is 28.2 Å². The second-order valence-electron chi connectivity index (χ2n) is 5.33. The molecule has 0 saturated carbocycles. The molecule has 0 aliphatic heterocycles. The molecular formula is C18H14FNO5. The Morgan fingerprint density at radius 2 is 1.92 bits per heavy atom. The van der Waals surface area contributed by atoms with Crippen LogP contribution in [0.1, 0.15) is 5.56 Å². The van der Waals surface area contributed by atoms with Crippen LogP contribution in [-0.2, 0) is 20.7 Å². The van der Waals surface area contributed by atoms with Crippen molar-refractivity contribution in [2.24, 2.45) is 0 Å². The minimum atomic E-state index is -0.593. The maximum absolute atomic E-state index is 12.8. The number of anilines is 1. The molecule has 128 valence electrons. The number of rotatable bonds is 5. The standard InChI is InChI=1S/C18H14FNO5/c19-12-1-3-13(4-2-12)20-17(22)10-25-18(23)7-11-9-24-16-8-14(21)5-6-15(11)16/h1-6,8-9,21H,7,10H2,(H,20,22). The number of hydrogen-bond donors (Lipinski definition) is 2. The highest BCUT2D eigenvalue weighted by Crippen LogP contribution is 2.25. The fourth-order valence-corrected chi connectivity index (χ4v) is 2.29. The number of ether oxygens (including phenoxy) is 1. The van der Waals surface area contributed by atoms with Gasteiger partial charge in [-0.2, -0.15) is 0 Å². The topological polar surface area (TPSA) is 88.8 Å². The van der Waals surface area contributed by atoms with Gasteiger partial charge < -0.3 is 19.6 Å². The van der Waals surface area contributed by atoms with Gasteiger partial charge in [0.25, 0.3) is 5.91 Å². The van der Waals surface area contributed by atoms with E-state index < -0.39 is 24.3 Å². The fraction of sp³-hybridized carbons (Fsp3) is 0.111. The van der Waals surface area contributed by atoms with Crippen LogP contribution in [0.3, 0.4) is 0 Å². The minimum absolute atomic E-state index is 0.0634. The first-order chi connectivity index (χ1) is 12.0. The van der Waals surface area contributed by atoms with E-state index in [1.54, 1.807) is 6.07 Å². The van der Waals surface area contributed by atoms with Crippen LogP contribution in [0.4, 0.5) is 10.1 Å². The van der Waals surface area contributed by atoms with Crippen molar-refractivity contribution in [3.63, 3.8) is 0 Å². The summed E-state index contributed by atoms with van der Waals surface area (Å²) in [6.45, 7) is -0.452. The fourth-order valence-electron chi connectivity index (χ4n) is 2.29. The maximum atomic E-state index is 12.8. The summed E-state index contributed by atoms with van der Waals surface area (Å²) in [6, 6.07) is 9.80. The molecule has 0 spiro atoms. The lowest BCUT2D eigenvalue weighted by atomic mass is 10.1. The summed E-state index contributed by atoms with van der Waals surface area (Å²) in [4.78, 5) is 23.6. The molecule has 0 radical (unpaired) electrons. The van der Waals surface area contributed by atoms with Crippen LogP contribution in [0, 0.1) is 5.82 Å². The summed E-state index contributed by atoms with van der Waals surface area (Å²) in [5.41, 5.74) is 1.46. The SMILES string of the molecule is O=C(COC(=O)Cc1coc2cc(O)ccc12)Nc1ccc(F)cc1. The lowest BCUT2D eigenvalue weighted by Gasteiger charge is -2.06. The molecule has 1 aromatic heterocycles. The van der Waals surface area contributed by atoms with Gasteiger partial charge in [-0.1, -0.05) is 0 Å². The van der Waals surface area contributed by atoms with Crippen molar-refractivity contribution >= 4 is 28.5 Å². The second-order valence-corrected chi connectivity index (χ2v) is 5.33. The van der Waals surface area contributed by atoms with E-state index in [0.717, 1.165) is 0 Å². The predicted octanol–water partition coefficient (Wildman–Crippen LogP) is 3.00. The Morgan fingerprint density at radius 1 is 1.16 bits per heavy atom. The summed E-state index contributed by atoms with van der Waals surface area (Å²) in [5.74, 6) is -1.47. The summed E-state index contributed by atoms with van der Waals surface area (Å²) in [6.07, 6.45) is 1.34. The first-order valence-electron chi connectivity index (χ1n) is 7.41. The molecule has 6 nitrogen and oxygen atoms in total. The number of nitrogens with one attached hydrogen (secondary N) is 1. The summed E-state index contributed by atoms with van der Waals surface area (Å²) < 4.78 is 23.0. The summed E-state index contributed by atoms with van der Waals surface area (Å²) in [5, 5.41) is 12.6. The number of phenolic OH excluding ortho intramolecular Hbond substituents is 1. The number of fused-ring (bicyclic) bond motifs is 1. The van der Waals surface area contributed by atoms with Gasteiger partial charge in [0.15, 0.2) is 6.61 Å². The van der Waals surface area contributed by atoms with E-state index in [0.29, 0.717) is 22.2 Å². The van der Waals surface area contributed by atoms with E-state index in [9.17, 15) is 19.1 Å². The van der Waals surface area contributed by atoms with Gasteiger partial charge >= 0.3 is 5.97 Å². The van der Waals surface area contributed by atoms with Crippen LogP contribution < -0.4 is 5.32 Å². The molecule has 3 aromatic rings. The molecule has 0 aliphatic carbocycles. The number of halogens is 1. The smallest absolute Gasteiger partial charge is 0.310 e. The molecule has 0 saturated heterocycles. The quantitative estimate of drug-likeness (QED) is 0.695. The Morgan fingerprint density at radius 3 is 2.68 bits per heavy atom. The highest BCUT2D eigenvalue weighted by Gasteiger charge is 2.13. The number of esters is 1. The summed E-state index contributed by atoms with van der Waals surface area (Å²) >= 11 is 0. The number of furan rings is 1. The molecule has 2 aromatic carbocycles. The van der Waals surface area contributed by atoms with E-state index in [4.69, 9.17) is 9.15 Å². The average Bonchev–Trinajstić information content (AvgIpc) is 2.97. The first kappa shape index (κ1) is 16.5. The van der Waals surface area contributed by atoms with Gasteiger partial charge in [0.05, 0.1) is 12.7 Å². The Bertz CT molecular complexity index is 917. The Hall–Kier alpha value is -3.35. The minimum Gasteiger partial charge on any atom is -0.508 e. The van der Waals surface area contributed by atoms with Crippen molar-refractivity contribution in [3.8, 4) is 5.75 Å². The van der Waals surface area contributed by atoms with Gasteiger partial charge in [0.2, 0.25) is 0 Å². The Labute approximate surface area is 141 Å². The van der Waals surface area contributed by atoms with Crippen molar-refractivity contribution in [2.75, 3.05) is 11.9 Å². The Balaban J connectivity index is 1.53. The number of aromatic hydroxyl groups is 1. The van der Waals surface area contributed by atoms with Crippen molar-refractivity contribution in [2.45, 2.75) is 6.42 Å². The third-order valence-corrected chi connectivity index (χ3v) is 3.47. The van der Waals surface area contributed by atoms with E-state index >= 15 is 0 Å².